The van der Waals surface area contributed by atoms with Crippen molar-refractivity contribution < 1.29 is 35.8 Å². The third-order valence-electron chi connectivity index (χ3n) is 7.25. The van der Waals surface area contributed by atoms with Crippen molar-refractivity contribution in [1.29, 1.82) is 0 Å². The zero-order valence-corrected chi connectivity index (χ0v) is 21.3. The number of Topliss-reactive ketones (excluding diaryl/α,β-unsaturated/α-hetero) is 1. The molecule has 7 rings (SSSR count). The van der Waals surface area contributed by atoms with Gasteiger partial charge in [0.2, 0.25) is 12.1 Å². The summed E-state index contributed by atoms with van der Waals surface area (Å²) < 4.78 is 16.3. The molecule has 5 aromatic rings. The van der Waals surface area contributed by atoms with Gasteiger partial charge in [0.25, 0.3) is 0 Å². The zero-order valence-electron chi connectivity index (χ0n) is 19.7. The number of para-hydroxylation sites is 2. The molecule has 2 aliphatic heterocycles. The quantitative estimate of drug-likeness (QED) is 0.252. The van der Waals surface area contributed by atoms with Crippen LogP contribution >= 0.6 is 0 Å². The molecule has 0 saturated carbocycles. The summed E-state index contributed by atoms with van der Waals surface area (Å²) in [5, 5.41) is 2.22. The number of aromatic nitrogens is 2. The van der Waals surface area contributed by atoms with Gasteiger partial charge in [-0.05, 0) is 35.0 Å². The molecule has 1 aromatic heterocycles. The van der Waals surface area contributed by atoms with E-state index in [-0.39, 0.29) is 29.3 Å². The highest BCUT2D eigenvalue weighted by Gasteiger charge is 2.29. The summed E-state index contributed by atoms with van der Waals surface area (Å²) in [5.74, 6) is 2.12. The minimum Gasteiger partial charge on any atom is -1.00 e. The molecule has 0 spiro atoms. The zero-order chi connectivity index (χ0) is 23.4. The van der Waals surface area contributed by atoms with E-state index < -0.39 is 0 Å². The van der Waals surface area contributed by atoms with Crippen molar-refractivity contribution in [1.82, 2.24) is 4.57 Å². The van der Waals surface area contributed by atoms with E-state index >= 15 is 0 Å². The first kappa shape index (κ1) is 22.8. The summed E-state index contributed by atoms with van der Waals surface area (Å²) in [6, 6.07) is 24.5. The maximum absolute atomic E-state index is 13.3. The fourth-order valence-electron chi connectivity index (χ4n) is 5.53. The molecule has 36 heavy (non-hydrogen) atoms. The van der Waals surface area contributed by atoms with Gasteiger partial charge in [0.05, 0.1) is 13.2 Å². The van der Waals surface area contributed by atoms with E-state index in [1.807, 2.05) is 48.5 Å². The van der Waals surface area contributed by atoms with Crippen LogP contribution in [0.25, 0.3) is 21.8 Å². The Hall–Kier alpha value is -3.64. The van der Waals surface area contributed by atoms with Crippen LogP contribution in [-0.4, -0.2) is 23.6 Å². The molecule has 0 radical (unpaired) electrons. The van der Waals surface area contributed by atoms with Crippen LogP contribution in [0.5, 0.6) is 11.5 Å². The van der Waals surface area contributed by atoms with E-state index in [9.17, 15) is 4.79 Å². The van der Waals surface area contributed by atoms with Crippen LogP contribution in [0.15, 0.2) is 79.1 Å². The van der Waals surface area contributed by atoms with Gasteiger partial charge in [0, 0.05) is 35.1 Å². The van der Waals surface area contributed by atoms with Crippen LogP contribution in [0.4, 0.5) is 0 Å². The number of ether oxygens (including phenoxy) is 2. The Kier molecular flexibility index (Phi) is 5.76. The standard InChI is InChI=1S/C30H25N2O3.BrH/c33-28(22-10-9-20-5-1-2-6-21(20)15-22)18-32-19-31(26-7-3-4-8-27(26)32)17-25-24-12-14-34-29(24)16-23-11-13-35-30(23)25;/h1-10,15-16,19H,11-14,17-18H2;1H/q+1;/p-1. The monoisotopic (exact) mass is 540 g/mol. The fraction of sp³-hybridized carbons (Fsp3) is 0.200. The number of ketones is 1. The van der Waals surface area contributed by atoms with E-state index in [1.54, 1.807) is 0 Å². The minimum atomic E-state index is 0. The SMILES string of the molecule is O=C(Cn1c[n+](Cc2c3c(cc4c2OCC4)OCC3)c2ccccc21)c1ccc2ccccc2c1.[Br-]. The van der Waals surface area contributed by atoms with Crippen LogP contribution in [0.3, 0.4) is 0 Å². The Bertz CT molecular complexity index is 1610. The van der Waals surface area contributed by atoms with Crippen molar-refractivity contribution >= 4 is 27.6 Å². The lowest BCUT2D eigenvalue weighted by atomic mass is 9.99. The van der Waals surface area contributed by atoms with E-state index in [1.165, 1.54) is 16.7 Å². The van der Waals surface area contributed by atoms with Crippen molar-refractivity contribution in [2.45, 2.75) is 25.9 Å². The molecule has 0 aliphatic carbocycles. The Labute approximate surface area is 219 Å². The average molecular weight is 541 g/mol. The van der Waals surface area contributed by atoms with Gasteiger partial charge in [-0.15, -0.1) is 0 Å². The number of nitrogens with zero attached hydrogens (tertiary/aromatic N) is 2. The molecule has 4 aromatic carbocycles. The second-order valence-electron chi connectivity index (χ2n) is 9.36. The second-order valence-corrected chi connectivity index (χ2v) is 9.36. The van der Waals surface area contributed by atoms with E-state index in [4.69, 9.17) is 9.47 Å². The summed E-state index contributed by atoms with van der Waals surface area (Å²) in [7, 11) is 0. The average Bonchev–Trinajstić information content (AvgIpc) is 3.63. The third-order valence-corrected chi connectivity index (χ3v) is 7.25. The first-order chi connectivity index (χ1) is 17.2. The molecule has 0 bridgehead atoms. The molecule has 180 valence electrons. The molecule has 0 saturated heterocycles. The van der Waals surface area contributed by atoms with Gasteiger partial charge in [0.15, 0.2) is 17.6 Å². The van der Waals surface area contributed by atoms with Gasteiger partial charge in [0.1, 0.15) is 18.0 Å². The maximum atomic E-state index is 13.3. The predicted molar refractivity (Wildman–Crippen MR) is 134 cm³/mol. The molecule has 3 heterocycles. The topological polar surface area (TPSA) is 44.3 Å². The van der Waals surface area contributed by atoms with Crippen LogP contribution in [-0.2, 0) is 25.9 Å². The number of carbonyl (C=O) groups excluding carboxylic acids is 1. The lowest BCUT2D eigenvalue weighted by Gasteiger charge is -2.11. The Morgan fingerprint density at radius 2 is 1.69 bits per heavy atom. The number of hydrogen-bond acceptors (Lipinski definition) is 3. The number of halogens is 1. The van der Waals surface area contributed by atoms with Gasteiger partial charge in [-0.3, -0.25) is 4.79 Å². The third kappa shape index (κ3) is 3.77. The minimum absolute atomic E-state index is 0. The highest BCUT2D eigenvalue weighted by molar-refractivity contribution is 6.00. The molecular weight excluding hydrogens is 516 g/mol. The molecule has 0 fully saturated rings. The van der Waals surface area contributed by atoms with E-state index in [0.29, 0.717) is 6.54 Å². The maximum Gasteiger partial charge on any atom is 0.245 e. The molecule has 0 unspecified atom stereocenters. The first-order valence-electron chi connectivity index (χ1n) is 12.2. The van der Waals surface area contributed by atoms with Crippen molar-refractivity contribution in [3.8, 4) is 11.5 Å². The number of imidazole rings is 1. The fourth-order valence-corrected chi connectivity index (χ4v) is 5.53. The number of fused-ring (bicyclic) bond motifs is 4. The van der Waals surface area contributed by atoms with Gasteiger partial charge < -0.3 is 26.5 Å². The smallest absolute Gasteiger partial charge is 0.245 e. The Balaban J connectivity index is 0.00000240. The van der Waals surface area contributed by atoms with E-state index in [0.717, 1.165) is 64.9 Å². The Morgan fingerprint density at radius 1 is 0.889 bits per heavy atom. The van der Waals surface area contributed by atoms with Gasteiger partial charge >= 0.3 is 0 Å². The highest BCUT2D eigenvalue weighted by Crippen LogP contribution is 2.40. The van der Waals surface area contributed by atoms with Crippen LogP contribution < -0.4 is 31.0 Å². The van der Waals surface area contributed by atoms with Crippen LogP contribution in [0.2, 0.25) is 0 Å². The lowest BCUT2D eigenvalue weighted by molar-refractivity contribution is -0.663. The highest BCUT2D eigenvalue weighted by atomic mass is 79.9. The van der Waals surface area contributed by atoms with Crippen molar-refractivity contribution in [2.75, 3.05) is 13.2 Å². The molecular formula is C30H25BrN2O3. The second kappa shape index (κ2) is 9.10. The van der Waals surface area contributed by atoms with Crippen molar-refractivity contribution in [2.24, 2.45) is 0 Å². The van der Waals surface area contributed by atoms with Gasteiger partial charge in [-0.2, -0.15) is 0 Å². The molecule has 2 aliphatic rings. The summed E-state index contributed by atoms with van der Waals surface area (Å²) in [4.78, 5) is 13.3. The summed E-state index contributed by atoms with van der Waals surface area (Å²) in [6.45, 7) is 2.42. The molecule has 0 atom stereocenters. The number of hydrogen-bond donors (Lipinski definition) is 0. The van der Waals surface area contributed by atoms with Gasteiger partial charge in [-0.25, -0.2) is 9.13 Å². The largest absolute Gasteiger partial charge is 1.00 e. The molecule has 0 amide bonds. The molecule has 5 nitrogen and oxygen atoms in total. The van der Waals surface area contributed by atoms with E-state index in [2.05, 4.69) is 39.7 Å². The van der Waals surface area contributed by atoms with Crippen LogP contribution in [0.1, 0.15) is 27.0 Å². The normalized spacial score (nSPS) is 13.7. The number of rotatable bonds is 5. The number of carbonyl (C=O) groups is 1. The summed E-state index contributed by atoms with van der Waals surface area (Å²) >= 11 is 0. The summed E-state index contributed by atoms with van der Waals surface area (Å²) in [6.07, 6.45) is 3.90. The van der Waals surface area contributed by atoms with Crippen LogP contribution in [0, 0.1) is 0 Å². The van der Waals surface area contributed by atoms with Crippen molar-refractivity contribution in [3.63, 3.8) is 0 Å². The molecule has 0 N–H and O–H groups in total. The molecule has 6 heteroatoms. The van der Waals surface area contributed by atoms with Gasteiger partial charge in [-0.1, -0.05) is 48.5 Å². The Morgan fingerprint density at radius 3 is 2.61 bits per heavy atom. The van der Waals surface area contributed by atoms with Crippen molar-refractivity contribution in [3.05, 3.63) is 101 Å². The lowest BCUT2D eigenvalue weighted by Crippen LogP contribution is -3.00. The predicted octanol–water partition coefficient (Wildman–Crippen LogP) is 1.89. The number of benzene rings is 4. The first-order valence-corrected chi connectivity index (χ1v) is 12.2. The summed E-state index contributed by atoms with van der Waals surface area (Å²) in [5.41, 5.74) is 6.57.